The van der Waals surface area contributed by atoms with Crippen LogP contribution in [-0.2, 0) is 9.53 Å². The molecule has 0 aliphatic rings. The highest BCUT2D eigenvalue weighted by molar-refractivity contribution is 5.89. The molecule has 0 heterocycles. The van der Waals surface area contributed by atoms with Gasteiger partial charge >= 0.3 is 5.97 Å². The second-order valence-corrected chi connectivity index (χ2v) is 3.89. The lowest BCUT2D eigenvalue weighted by Gasteiger charge is -2.12. The van der Waals surface area contributed by atoms with Crippen LogP contribution in [0.4, 0.5) is 0 Å². The normalized spacial score (nSPS) is 10.0. The Hall–Kier alpha value is -0.830. The number of aliphatic hydroxyl groups excluding tert-OH is 1. The van der Waals surface area contributed by atoms with Gasteiger partial charge in [-0.2, -0.15) is 0 Å². The fourth-order valence-corrected chi connectivity index (χ4v) is 1.85. The zero-order valence-corrected chi connectivity index (χ0v) is 10.7. The van der Waals surface area contributed by atoms with Crippen LogP contribution in [0.2, 0.25) is 0 Å². The first-order valence-corrected chi connectivity index (χ1v) is 6.20. The van der Waals surface area contributed by atoms with E-state index in [-0.39, 0.29) is 5.97 Å². The molecule has 0 aromatic rings. The molecule has 0 spiro atoms. The minimum atomic E-state index is -0.530. The van der Waals surface area contributed by atoms with Crippen LogP contribution in [0.1, 0.15) is 59.3 Å². The molecule has 16 heavy (non-hydrogen) atoms. The van der Waals surface area contributed by atoms with Gasteiger partial charge in [0.1, 0.15) is 0 Å². The van der Waals surface area contributed by atoms with E-state index in [0.29, 0.717) is 0 Å². The molecule has 3 nitrogen and oxygen atoms in total. The molecule has 0 bridgehead atoms. The first kappa shape index (κ1) is 15.2. The van der Waals surface area contributed by atoms with Crippen LogP contribution in [0.15, 0.2) is 11.1 Å². The minimum absolute atomic E-state index is 0.346. The molecule has 0 rings (SSSR count). The molecule has 94 valence electrons. The molecule has 0 aliphatic carbocycles. The van der Waals surface area contributed by atoms with Gasteiger partial charge in [0, 0.05) is 5.57 Å². The van der Waals surface area contributed by atoms with Crippen molar-refractivity contribution in [3.8, 4) is 0 Å². The summed E-state index contributed by atoms with van der Waals surface area (Å²) in [6.07, 6.45) is 5.64. The van der Waals surface area contributed by atoms with E-state index in [1.165, 1.54) is 5.57 Å². The second-order valence-electron chi connectivity index (χ2n) is 3.89. The number of hydrogen-bond donors (Lipinski definition) is 1. The number of esters is 1. The smallest absolute Gasteiger partial charge is 0.336 e. The first-order chi connectivity index (χ1) is 7.71. The lowest BCUT2D eigenvalue weighted by Crippen LogP contribution is -2.11. The summed E-state index contributed by atoms with van der Waals surface area (Å²) in [5.41, 5.74) is 1.98. The number of allylic oxidation sites excluding steroid dienone is 1. The molecule has 1 N–H and O–H groups in total. The third-order valence-electron chi connectivity index (χ3n) is 2.47. The summed E-state index contributed by atoms with van der Waals surface area (Å²) in [6, 6.07) is 0. The molecule has 0 amide bonds. The molecular formula is C13H24O3. The molecule has 0 radical (unpaired) electrons. The monoisotopic (exact) mass is 228 g/mol. The molecule has 0 fully saturated rings. The van der Waals surface area contributed by atoms with Crippen molar-refractivity contribution in [2.24, 2.45) is 0 Å². The van der Waals surface area contributed by atoms with E-state index in [0.717, 1.165) is 44.1 Å². The standard InChI is InChI=1S/C13H24O3/c1-4-7-11(8-5-2)12(9-6-3)13(15)16-10-14/h14H,4-10H2,1-3H3. The number of aliphatic hydroxyl groups is 1. The zero-order valence-electron chi connectivity index (χ0n) is 10.7. The maximum atomic E-state index is 11.7. The third-order valence-corrected chi connectivity index (χ3v) is 2.47. The van der Waals surface area contributed by atoms with Crippen LogP contribution in [0.25, 0.3) is 0 Å². The topological polar surface area (TPSA) is 46.5 Å². The fraction of sp³-hybridized carbons (Fsp3) is 0.769. The van der Waals surface area contributed by atoms with E-state index in [1.54, 1.807) is 0 Å². The Morgan fingerprint density at radius 3 is 1.88 bits per heavy atom. The summed E-state index contributed by atoms with van der Waals surface area (Å²) >= 11 is 0. The third kappa shape index (κ3) is 5.31. The second kappa shape index (κ2) is 9.40. The van der Waals surface area contributed by atoms with E-state index < -0.39 is 6.79 Å². The van der Waals surface area contributed by atoms with Gasteiger partial charge in [0.15, 0.2) is 6.79 Å². The molecule has 0 atom stereocenters. The number of ether oxygens (including phenoxy) is 1. The zero-order chi connectivity index (χ0) is 12.4. The molecule has 0 aromatic heterocycles. The predicted molar refractivity (Wildman–Crippen MR) is 64.9 cm³/mol. The number of carbonyl (C=O) groups is 1. The van der Waals surface area contributed by atoms with E-state index in [2.05, 4.69) is 18.6 Å². The Bertz CT molecular complexity index is 223. The number of rotatable bonds is 8. The van der Waals surface area contributed by atoms with E-state index in [4.69, 9.17) is 5.11 Å². The number of hydrogen-bond acceptors (Lipinski definition) is 3. The van der Waals surface area contributed by atoms with Gasteiger partial charge in [0.05, 0.1) is 0 Å². The summed E-state index contributed by atoms with van der Waals surface area (Å²) in [6.45, 7) is 5.73. The quantitative estimate of drug-likeness (QED) is 0.394. The van der Waals surface area contributed by atoms with Crippen molar-refractivity contribution in [3.05, 3.63) is 11.1 Å². The van der Waals surface area contributed by atoms with Crippen LogP contribution in [0.5, 0.6) is 0 Å². The summed E-state index contributed by atoms with van der Waals surface area (Å²) in [7, 11) is 0. The van der Waals surface area contributed by atoms with Crippen LogP contribution in [-0.4, -0.2) is 17.9 Å². The van der Waals surface area contributed by atoms with E-state index in [1.807, 2.05) is 6.92 Å². The Morgan fingerprint density at radius 1 is 1.00 bits per heavy atom. The highest BCUT2D eigenvalue weighted by Gasteiger charge is 2.14. The van der Waals surface area contributed by atoms with Crippen molar-refractivity contribution < 1.29 is 14.6 Å². The van der Waals surface area contributed by atoms with Crippen molar-refractivity contribution in [1.29, 1.82) is 0 Å². The highest BCUT2D eigenvalue weighted by atomic mass is 16.6. The van der Waals surface area contributed by atoms with Gasteiger partial charge in [0.2, 0.25) is 0 Å². The highest BCUT2D eigenvalue weighted by Crippen LogP contribution is 2.22. The number of carbonyl (C=O) groups excluding carboxylic acids is 1. The van der Waals surface area contributed by atoms with Crippen molar-refractivity contribution in [2.75, 3.05) is 6.79 Å². The average molecular weight is 228 g/mol. The van der Waals surface area contributed by atoms with Crippen molar-refractivity contribution in [2.45, 2.75) is 59.3 Å². The van der Waals surface area contributed by atoms with Gasteiger partial charge in [0.25, 0.3) is 0 Å². The van der Waals surface area contributed by atoms with Crippen molar-refractivity contribution >= 4 is 5.97 Å². The molecule has 0 unspecified atom stereocenters. The SMILES string of the molecule is CCCC(CCC)=C(CCC)C(=O)OCO. The Morgan fingerprint density at radius 2 is 1.50 bits per heavy atom. The Labute approximate surface area is 98.5 Å². The molecule has 0 saturated heterocycles. The summed E-state index contributed by atoms with van der Waals surface area (Å²) in [4.78, 5) is 11.7. The van der Waals surface area contributed by atoms with Gasteiger partial charge in [-0.15, -0.1) is 0 Å². The molecule has 0 aromatic carbocycles. The van der Waals surface area contributed by atoms with E-state index >= 15 is 0 Å². The molecular weight excluding hydrogens is 204 g/mol. The van der Waals surface area contributed by atoms with Gasteiger partial charge in [-0.3, -0.25) is 0 Å². The largest absolute Gasteiger partial charge is 0.435 e. The van der Waals surface area contributed by atoms with Crippen molar-refractivity contribution in [1.82, 2.24) is 0 Å². The summed E-state index contributed by atoms with van der Waals surface area (Å²) in [5, 5.41) is 8.63. The molecule has 3 heteroatoms. The van der Waals surface area contributed by atoms with Gasteiger partial charge < -0.3 is 9.84 Å². The fourth-order valence-electron chi connectivity index (χ4n) is 1.85. The lowest BCUT2D eigenvalue weighted by atomic mass is 9.96. The average Bonchev–Trinajstić information content (AvgIpc) is 2.26. The van der Waals surface area contributed by atoms with Gasteiger partial charge in [-0.25, -0.2) is 4.79 Å². The van der Waals surface area contributed by atoms with E-state index in [9.17, 15) is 4.79 Å². The maximum Gasteiger partial charge on any atom is 0.336 e. The van der Waals surface area contributed by atoms with Crippen LogP contribution >= 0.6 is 0 Å². The Balaban J connectivity index is 4.87. The molecule has 0 aliphatic heterocycles. The maximum absolute atomic E-state index is 11.7. The van der Waals surface area contributed by atoms with Crippen LogP contribution in [0, 0.1) is 0 Å². The van der Waals surface area contributed by atoms with Crippen molar-refractivity contribution in [3.63, 3.8) is 0 Å². The lowest BCUT2D eigenvalue weighted by molar-refractivity contribution is -0.147. The summed E-state index contributed by atoms with van der Waals surface area (Å²) in [5.74, 6) is -0.346. The minimum Gasteiger partial charge on any atom is -0.435 e. The van der Waals surface area contributed by atoms with Gasteiger partial charge in [-0.1, -0.05) is 45.6 Å². The van der Waals surface area contributed by atoms with Crippen LogP contribution in [0.3, 0.4) is 0 Å². The summed E-state index contributed by atoms with van der Waals surface area (Å²) < 4.78 is 4.69. The first-order valence-electron chi connectivity index (χ1n) is 6.20. The predicted octanol–water partition coefficient (Wildman–Crippen LogP) is 3.18. The Kier molecular flexibility index (Phi) is 8.91. The molecule has 0 saturated carbocycles. The van der Waals surface area contributed by atoms with Crippen LogP contribution < -0.4 is 0 Å². The van der Waals surface area contributed by atoms with Gasteiger partial charge in [-0.05, 0) is 19.3 Å².